The zero-order chi connectivity index (χ0) is 15.2. The molecule has 0 saturated carbocycles. The van der Waals surface area contributed by atoms with Gasteiger partial charge in [0.05, 0.1) is 12.1 Å². The smallest absolute Gasteiger partial charge is 0.170 e. The molecule has 2 aromatic heterocycles. The monoisotopic (exact) mass is 279 g/mol. The van der Waals surface area contributed by atoms with Crippen molar-refractivity contribution < 1.29 is 0 Å². The fraction of sp³-hybridized carbons (Fsp3) is 0.250. The fourth-order valence-corrected chi connectivity index (χ4v) is 2.00. The van der Waals surface area contributed by atoms with E-state index in [0.717, 1.165) is 22.3 Å². The van der Waals surface area contributed by atoms with Crippen molar-refractivity contribution in [3.63, 3.8) is 0 Å². The number of nitriles is 1. The fourth-order valence-electron chi connectivity index (χ4n) is 2.00. The van der Waals surface area contributed by atoms with Crippen LogP contribution in [0.2, 0.25) is 0 Å². The number of benzene rings is 1. The third-order valence-electron chi connectivity index (χ3n) is 2.93. The molecule has 21 heavy (non-hydrogen) atoms. The van der Waals surface area contributed by atoms with E-state index in [1.807, 2.05) is 49.7 Å². The van der Waals surface area contributed by atoms with Gasteiger partial charge in [-0.3, -0.25) is 4.68 Å². The Morgan fingerprint density at radius 1 is 1.14 bits per heavy atom. The molecular formula is C16H17N5. The number of aromatic nitrogens is 4. The lowest BCUT2D eigenvalue weighted by atomic mass is 10.2. The summed E-state index contributed by atoms with van der Waals surface area (Å²) in [5.41, 5.74) is 2.35. The van der Waals surface area contributed by atoms with Gasteiger partial charge in [0.2, 0.25) is 0 Å². The van der Waals surface area contributed by atoms with Crippen molar-refractivity contribution in [2.75, 3.05) is 0 Å². The van der Waals surface area contributed by atoms with Gasteiger partial charge >= 0.3 is 0 Å². The molecule has 0 aliphatic rings. The highest BCUT2D eigenvalue weighted by Crippen LogP contribution is 2.18. The molecule has 2 heterocycles. The predicted molar refractivity (Wildman–Crippen MR) is 81.7 cm³/mol. The molecule has 0 N–H and O–H groups in total. The Bertz CT molecular complexity index is 765. The Kier molecular flexibility index (Phi) is 4.62. The van der Waals surface area contributed by atoms with Crippen LogP contribution in [0.15, 0.2) is 36.7 Å². The van der Waals surface area contributed by atoms with Crippen LogP contribution in [0, 0.1) is 18.3 Å². The minimum Gasteiger partial charge on any atom is -0.259 e. The second-order valence-electron chi connectivity index (χ2n) is 4.27. The molecule has 0 fully saturated rings. The number of para-hydroxylation sites is 1. The lowest BCUT2D eigenvalue weighted by Crippen LogP contribution is -2.03. The van der Waals surface area contributed by atoms with Crippen LogP contribution >= 0.6 is 0 Å². The van der Waals surface area contributed by atoms with Crippen LogP contribution in [0.25, 0.3) is 10.9 Å². The molecule has 0 amide bonds. The number of fused-ring (bicyclic) bond motifs is 1. The van der Waals surface area contributed by atoms with E-state index in [0.29, 0.717) is 12.2 Å². The largest absolute Gasteiger partial charge is 0.259 e. The summed E-state index contributed by atoms with van der Waals surface area (Å²) in [4.78, 5) is 8.33. The zero-order valence-corrected chi connectivity index (χ0v) is 12.4. The van der Waals surface area contributed by atoms with Crippen LogP contribution in [0.3, 0.4) is 0 Å². The summed E-state index contributed by atoms with van der Waals surface area (Å²) >= 11 is 0. The number of rotatable bonds is 2. The summed E-state index contributed by atoms with van der Waals surface area (Å²) < 4.78 is 1.81. The van der Waals surface area contributed by atoms with Gasteiger partial charge in [0.1, 0.15) is 11.9 Å². The molecule has 0 aliphatic carbocycles. The minimum atomic E-state index is 0.448. The van der Waals surface area contributed by atoms with Crippen LogP contribution in [-0.4, -0.2) is 19.7 Å². The molecule has 3 aromatic rings. The maximum Gasteiger partial charge on any atom is 0.170 e. The SMILES string of the molecule is CC.Cc1ncc(Cn2nc(C#N)c3ccccc32)cn1. The van der Waals surface area contributed by atoms with Crippen molar-refractivity contribution in [1.29, 1.82) is 5.26 Å². The van der Waals surface area contributed by atoms with Crippen molar-refractivity contribution in [3.05, 3.63) is 53.7 Å². The third-order valence-corrected chi connectivity index (χ3v) is 2.93. The molecule has 0 saturated heterocycles. The Hall–Kier alpha value is -2.74. The number of aryl methyl sites for hydroxylation is 1. The van der Waals surface area contributed by atoms with Crippen LogP contribution < -0.4 is 0 Å². The second kappa shape index (κ2) is 6.62. The first kappa shape index (κ1) is 14.7. The minimum absolute atomic E-state index is 0.448. The first-order valence-corrected chi connectivity index (χ1v) is 6.91. The quantitative estimate of drug-likeness (QED) is 0.723. The van der Waals surface area contributed by atoms with E-state index >= 15 is 0 Å². The molecule has 0 atom stereocenters. The van der Waals surface area contributed by atoms with Gasteiger partial charge in [-0.25, -0.2) is 9.97 Å². The molecule has 0 radical (unpaired) electrons. The molecule has 1 aromatic carbocycles. The van der Waals surface area contributed by atoms with Gasteiger partial charge in [-0.2, -0.15) is 10.4 Å². The van der Waals surface area contributed by atoms with E-state index in [1.165, 1.54) is 0 Å². The van der Waals surface area contributed by atoms with Crippen molar-refractivity contribution in [2.45, 2.75) is 27.3 Å². The van der Waals surface area contributed by atoms with E-state index in [2.05, 4.69) is 21.1 Å². The molecule has 5 heteroatoms. The average Bonchev–Trinajstić information content (AvgIpc) is 2.90. The van der Waals surface area contributed by atoms with Crippen LogP contribution in [0.4, 0.5) is 0 Å². The Morgan fingerprint density at radius 2 is 1.81 bits per heavy atom. The topological polar surface area (TPSA) is 67.4 Å². The first-order chi connectivity index (χ1) is 10.3. The summed E-state index contributed by atoms with van der Waals surface area (Å²) in [5, 5.41) is 14.3. The van der Waals surface area contributed by atoms with Crippen molar-refractivity contribution in [2.24, 2.45) is 0 Å². The van der Waals surface area contributed by atoms with Gasteiger partial charge in [0, 0.05) is 23.3 Å². The summed E-state index contributed by atoms with van der Waals surface area (Å²) in [7, 11) is 0. The van der Waals surface area contributed by atoms with Crippen molar-refractivity contribution >= 4 is 10.9 Å². The van der Waals surface area contributed by atoms with Gasteiger partial charge in [-0.1, -0.05) is 26.0 Å². The highest BCUT2D eigenvalue weighted by molar-refractivity contribution is 5.84. The van der Waals surface area contributed by atoms with Gasteiger partial charge < -0.3 is 0 Å². The molecule has 0 aliphatic heterocycles. The maximum absolute atomic E-state index is 9.10. The summed E-state index contributed by atoms with van der Waals surface area (Å²) in [5.74, 6) is 0.742. The maximum atomic E-state index is 9.10. The van der Waals surface area contributed by atoms with Gasteiger partial charge in [0.15, 0.2) is 5.69 Å². The van der Waals surface area contributed by atoms with Gasteiger partial charge in [-0.05, 0) is 19.1 Å². The normalized spacial score (nSPS) is 9.81. The standard InChI is InChI=1S/C14H11N5.C2H6/c1-10-16-7-11(8-17-10)9-19-14-5-3-2-4-12(14)13(6-15)18-19;1-2/h2-5,7-8H,9H2,1H3;1-2H3. The second-order valence-corrected chi connectivity index (χ2v) is 4.27. The predicted octanol–water partition coefficient (Wildman–Crippen LogP) is 3.08. The Labute approximate surface area is 123 Å². The lowest BCUT2D eigenvalue weighted by molar-refractivity contribution is 0.702. The van der Waals surface area contributed by atoms with E-state index in [9.17, 15) is 0 Å². The average molecular weight is 279 g/mol. The third kappa shape index (κ3) is 3.06. The van der Waals surface area contributed by atoms with Gasteiger partial charge in [-0.15, -0.1) is 0 Å². The number of hydrogen-bond acceptors (Lipinski definition) is 4. The highest BCUT2D eigenvalue weighted by atomic mass is 15.3. The first-order valence-electron chi connectivity index (χ1n) is 6.91. The number of hydrogen-bond donors (Lipinski definition) is 0. The Balaban J connectivity index is 0.000000774. The van der Waals surface area contributed by atoms with Crippen LogP contribution in [0.1, 0.15) is 30.9 Å². The van der Waals surface area contributed by atoms with Crippen molar-refractivity contribution in [3.8, 4) is 6.07 Å². The molecule has 0 bridgehead atoms. The van der Waals surface area contributed by atoms with Crippen molar-refractivity contribution in [1.82, 2.24) is 19.7 Å². The Morgan fingerprint density at radius 3 is 2.48 bits per heavy atom. The van der Waals surface area contributed by atoms with Gasteiger partial charge in [0.25, 0.3) is 0 Å². The van der Waals surface area contributed by atoms with E-state index in [1.54, 1.807) is 12.4 Å². The summed E-state index contributed by atoms with van der Waals surface area (Å²) in [6, 6.07) is 9.83. The molecule has 0 unspecified atom stereocenters. The van der Waals surface area contributed by atoms with E-state index in [4.69, 9.17) is 5.26 Å². The molecular weight excluding hydrogens is 262 g/mol. The summed E-state index contributed by atoms with van der Waals surface area (Å²) in [6.45, 7) is 6.41. The molecule has 106 valence electrons. The van der Waals surface area contributed by atoms with Crippen LogP contribution in [0.5, 0.6) is 0 Å². The molecule has 3 rings (SSSR count). The highest BCUT2D eigenvalue weighted by Gasteiger charge is 2.09. The molecule has 0 spiro atoms. The van der Waals surface area contributed by atoms with E-state index < -0.39 is 0 Å². The number of nitrogens with zero attached hydrogens (tertiary/aromatic N) is 5. The summed E-state index contributed by atoms with van der Waals surface area (Å²) in [6.07, 6.45) is 3.57. The molecule has 5 nitrogen and oxygen atoms in total. The zero-order valence-electron chi connectivity index (χ0n) is 12.4. The van der Waals surface area contributed by atoms with E-state index in [-0.39, 0.29) is 0 Å². The van der Waals surface area contributed by atoms with Crippen LogP contribution in [-0.2, 0) is 6.54 Å². The lowest BCUT2D eigenvalue weighted by Gasteiger charge is -2.03.